The molecule has 1 heterocycles. The fraction of sp³-hybridized carbons (Fsp3) is 0.583. The van der Waals surface area contributed by atoms with Crippen LogP contribution in [-0.2, 0) is 11.3 Å². The Labute approximate surface area is 100 Å². The molecule has 0 atom stereocenters. The second-order valence-corrected chi connectivity index (χ2v) is 5.44. The summed E-state index contributed by atoms with van der Waals surface area (Å²) in [4.78, 5) is 13.1. The minimum atomic E-state index is 0.180. The summed E-state index contributed by atoms with van der Waals surface area (Å²) in [7, 11) is 0. The van der Waals surface area contributed by atoms with Crippen molar-refractivity contribution in [2.45, 2.75) is 38.3 Å². The molecule has 16 heavy (non-hydrogen) atoms. The number of thiophene rings is 1. The van der Waals surface area contributed by atoms with E-state index in [1.54, 1.807) is 11.3 Å². The molecular formula is C12H18N2OS. The molecule has 1 fully saturated rings. The van der Waals surface area contributed by atoms with Gasteiger partial charge in [0.2, 0.25) is 5.91 Å². The molecule has 88 valence electrons. The van der Waals surface area contributed by atoms with E-state index in [4.69, 9.17) is 5.73 Å². The number of nitrogens with two attached hydrogens (primary N) is 1. The molecule has 1 aromatic heterocycles. The first-order chi connectivity index (χ1) is 7.75. The zero-order valence-corrected chi connectivity index (χ0v) is 10.1. The van der Waals surface area contributed by atoms with E-state index in [9.17, 15) is 4.79 Å². The lowest BCUT2D eigenvalue weighted by Crippen LogP contribution is -2.35. The normalized spacial score (nSPS) is 25.3. The van der Waals surface area contributed by atoms with Gasteiger partial charge >= 0.3 is 0 Å². The molecule has 3 N–H and O–H groups in total. The Balaban J connectivity index is 1.75. The predicted octanol–water partition coefficient (Wildman–Crippen LogP) is 1.88. The number of hydrogen-bond donors (Lipinski definition) is 2. The maximum absolute atomic E-state index is 11.9. The molecule has 0 aromatic carbocycles. The van der Waals surface area contributed by atoms with Gasteiger partial charge in [0.15, 0.2) is 0 Å². The van der Waals surface area contributed by atoms with E-state index < -0.39 is 0 Å². The number of hydrogen-bond acceptors (Lipinski definition) is 3. The maximum Gasteiger partial charge on any atom is 0.223 e. The number of amides is 1. The first-order valence-electron chi connectivity index (χ1n) is 5.81. The summed E-state index contributed by atoms with van der Waals surface area (Å²) >= 11 is 1.68. The summed E-state index contributed by atoms with van der Waals surface area (Å²) in [6.07, 6.45) is 3.85. The number of rotatable bonds is 3. The first kappa shape index (κ1) is 11.6. The highest BCUT2D eigenvalue weighted by Gasteiger charge is 2.24. The number of carbonyl (C=O) groups excluding carboxylic acids is 1. The smallest absolute Gasteiger partial charge is 0.223 e. The van der Waals surface area contributed by atoms with E-state index in [1.165, 1.54) is 4.88 Å². The zero-order chi connectivity index (χ0) is 11.4. The Bertz CT molecular complexity index is 329. The third-order valence-electron chi connectivity index (χ3n) is 3.16. The average Bonchev–Trinajstić information content (AvgIpc) is 2.80. The Morgan fingerprint density at radius 2 is 2.19 bits per heavy atom. The van der Waals surface area contributed by atoms with E-state index in [-0.39, 0.29) is 11.8 Å². The molecule has 3 nitrogen and oxygen atoms in total. The fourth-order valence-electron chi connectivity index (χ4n) is 2.11. The summed E-state index contributed by atoms with van der Waals surface area (Å²) in [6.45, 7) is 0.666. The largest absolute Gasteiger partial charge is 0.351 e. The summed E-state index contributed by atoms with van der Waals surface area (Å²) < 4.78 is 0. The Morgan fingerprint density at radius 3 is 2.81 bits per heavy atom. The average molecular weight is 238 g/mol. The molecule has 0 saturated heterocycles. The molecule has 1 aromatic rings. The SMILES string of the molecule is NC1CCC(C(=O)NCc2cccs2)CC1. The van der Waals surface area contributed by atoms with Crippen molar-refractivity contribution in [1.29, 1.82) is 0 Å². The van der Waals surface area contributed by atoms with Gasteiger partial charge in [-0.25, -0.2) is 0 Å². The number of nitrogens with one attached hydrogen (secondary N) is 1. The highest BCUT2D eigenvalue weighted by atomic mass is 32.1. The summed E-state index contributed by atoms with van der Waals surface area (Å²) in [6, 6.07) is 4.36. The minimum absolute atomic E-state index is 0.180. The van der Waals surface area contributed by atoms with Crippen molar-refractivity contribution in [2.24, 2.45) is 11.7 Å². The van der Waals surface area contributed by atoms with Crippen LogP contribution >= 0.6 is 11.3 Å². The van der Waals surface area contributed by atoms with E-state index >= 15 is 0 Å². The van der Waals surface area contributed by atoms with Crippen molar-refractivity contribution in [1.82, 2.24) is 5.32 Å². The molecule has 1 aliphatic rings. The van der Waals surface area contributed by atoms with Crippen molar-refractivity contribution >= 4 is 17.2 Å². The van der Waals surface area contributed by atoms with Gasteiger partial charge in [-0.15, -0.1) is 11.3 Å². The third-order valence-corrected chi connectivity index (χ3v) is 4.04. The molecule has 0 spiro atoms. The molecular weight excluding hydrogens is 220 g/mol. The monoisotopic (exact) mass is 238 g/mol. The van der Waals surface area contributed by atoms with E-state index in [2.05, 4.69) is 5.32 Å². The van der Waals surface area contributed by atoms with Crippen LogP contribution in [0.25, 0.3) is 0 Å². The van der Waals surface area contributed by atoms with Crippen molar-refractivity contribution in [3.8, 4) is 0 Å². The second-order valence-electron chi connectivity index (χ2n) is 4.41. The van der Waals surface area contributed by atoms with Gasteiger partial charge in [-0.1, -0.05) is 6.07 Å². The molecule has 1 amide bonds. The van der Waals surface area contributed by atoms with Crippen LogP contribution in [0, 0.1) is 5.92 Å². The van der Waals surface area contributed by atoms with Gasteiger partial charge in [0.25, 0.3) is 0 Å². The van der Waals surface area contributed by atoms with Gasteiger partial charge < -0.3 is 11.1 Å². The van der Waals surface area contributed by atoms with Crippen LogP contribution in [0.2, 0.25) is 0 Å². The molecule has 1 saturated carbocycles. The Kier molecular flexibility index (Phi) is 3.96. The first-order valence-corrected chi connectivity index (χ1v) is 6.69. The van der Waals surface area contributed by atoms with Crippen LogP contribution in [0.1, 0.15) is 30.6 Å². The van der Waals surface area contributed by atoms with Crippen molar-refractivity contribution < 1.29 is 4.79 Å². The van der Waals surface area contributed by atoms with E-state index in [1.807, 2.05) is 17.5 Å². The third kappa shape index (κ3) is 3.06. The molecule has 0 radical (unpaired) electrons. The minimum Gasteiger partial charge on any atom is -0.351 e. The summed E-state index contributed by atoms with van der Waals surface area (Å²) in [5.41, 5.74) is 5.82. The maximum atomic E-state index is 11.9. The van der Waals surface area contributed by atoms with Crippen LogP contribution in [0.4, 0.5) is 0 Å². The molecule has 4 heteroatoms. The van der Waals surface area contributed by atoms with Gasteiger partial charge in [-0.05, 0) is 37.1 Å². The Hall–Kier alpha value is -0.870. The van der Waals surface area contributed by atoms with Crippen molar-refractivity contribution in [3.05, 3.63) is 22.4 Å². The van der Waals surface area contributed by atoms with Gasteiger partial charge in [-0.3, -0.25) is 4.79 Å². The van der Waals surface area contributed by atoms with E-state index in [0.29, 0.717) is 12.6 Å². The van der Waals surface area contributed by atoms with E-state index in [0.717, 1.165) is 25.7 Å². The van der Waals surface area contributed by atoms with Crippen LogP contribution in [0.15, 0.2) is 17.5 Å². The Morgan fingerprint density at radius 1 is 1.44 bits per heavy atom. The van der Waals surface area contributed by atoms with Crippen LogP contribution in [-0.4, -0.2) is 11.9 Å². The molecule has 1 aliphatic carbocycles. The van der Waals surface area contributed by atoms with Crippen molar-refractivity contribution in [3.63, 3.8) is 0 Å². The molecule has 0 unspecified atom stereocenters. The van der Waals surface area contributed by atoms with Crippen LogP contribution < -0.4 is 11.1 Å². The fourth-order valence-corrected chi connectivity index (χ4v) is 2.76. The molecule has 2 rings (SSSR count). The lowest BCUT2D eigenvalue weighted by atomic mass is 9.86. The van der Waals surface area contributed by atoms with Crippen molar-refractivity contribution in [2.75, 3.05) is 0 Å². The standard InChI is InChI=1S/C12H18N2OS/c13-10-5-3-9(4-6-10)12(15)14-8-11-2-1-7-16-11/h1-2,7,9-10H,3-6,8,13H2,(H,14,15). The van der Waals surface area contributed by atoms with Gasteiger partial charge in [-0.2, -0.15) is 0 Å². The van der Waals surface area contributed by atoms with Gasteiger partial charge in [0.1, 0.15) is 0 Å². The molecule has 0 bridgehead atoms. The number of carbonyl (C=O) groups is 1. The quantitative estimate of drug-likeness (QED) is 0.845. The molecule has 0 aliphatic heterocycles. The zero-order valence-electron chi connectivity index (χ0n) is 9.32. The lowest BCUT2D eigenvalue weighted by molar-refractivity contribution is -0.126. The highest BCUT2D eigenvalue weighted by Crippen LogP contribution is 2.23. The second kappa shape index (κ2) is 5.46. The van der Waals surface area contributed by atoms with Crippen LogP contribution in [0.3, 0.4) is 0 Å². The predicted molar refractivity (Wildman–Crippen MR) is 66.1 cm³/mol. The van der Waals surface area contributed by atoms with Crippen LogP contribution in [0.5, 0.6) is 0 Å². The lowest BCUT2D eigenvalue weighted by Gasteiger charge is -2.25. The van der Waals surface area contributed by atoms with Gasteiger partial charge in [0, 0.05) is 16.8 Å². The van der Waals surface area contributed by atoms with Gasteiger partial charge in [0.05, 0.1) is 6.54 Å². The highest BCUT2D eigenvalue weighted by molar-refractivity contribution is 7.09. The topological polar surface area (TPSA) is 55.1 Å². The summed E-state index contributed by atoms with van der Waals surface area (Å²) in [5, 5.41) is 5.03. The summed E-state index contributed by atoms with van der Waals surface area (Å²) in [5.74, 6) is 0.375.